The molecule has 4 rings (SSSR count). The zero-order chi connectivity index (χ0) is 22.2. The summed E-state index contributed by atoms with van der Waals surface area (Å²) in [6.45, 7) is 0. The molecule has 0 radical (unpaired) electrons. The molecule has 1 aliphatic rings. The van der Waals surface area contributed by atoms with Crippen molar-refractivity contribution in [3.8, 4) is 11.6 Å². The van der Waals surface area contributed by atoms with Crippen LogP contribution >= 0.6 is 11.6 Å². The number of hydrogen-bond acceptors (Lipinski definition) is 5. The Morgan fingerprint density at radius 1 is 1.16 bits per heavy atom. The SMILES string of the molecule is COc1ccc(C(Nc2cnn(-c3ccc(C(F)(F)F)cn3)c(=O)c2Cl)C2CC2)cc1. The molecule has 1 fully saturated rings. The van der Waals surface area contributed by atoms with E-state index in [-0.39, 0.29) is 16.9 Å². The Balaban J connectivity index is 1.61. The summed E-state index contributed by atoms with van der Waals surface area (Å²) in [5, 5.41) is 7.23. The lowest BCUT2D eigenvalue weighted by atomic mass is 10.0. The van der Waals surface area contributed by atoms with Crippen molar-refractivity contribution in [1.82, 2.24) is 14.8 Å². The highest BCUT2D eigenvalue weighted by Crippen LogP contribution is 2.43. The number of halogens is 4. The van der Waals surface area contributed by atoms with Gasteiger partial charge < -0.3 is 10.1 Å². The molecule has 6 nitrogen and oxygen atoms in total. The molecule has 1 saturated carbocycles. The summed E-state index contributed by atoms with van der Waals surface area (Å²) in [5.41, 5.74) is -0.223. The van der Waals surface area contributed by atoms with Gasteiger partial charge in [-0.05, 0) is 48.6 Å². The van der Waals surface area contributed by atoms with E-state index in [2.05, 4.69) is 15.4 Å². The molecule has 10 heteroatoms. The smallest absolute Gasteiger partial charge is 0.417 e. The Hall–Kier alpha value is -3.07. The molecule has 1 atom stereocenters. The van der Waals surface area contributed by atoms with Crippen LogP contribution in [0, 0.1) is 5.92 Å². The quantitative estimate of drug-likeness (QED) is 0.580. The molecule has 162 valence electrons. The largest absolute Gasteiger partial charge is 0.497 e. The first-order valence-electron chi connectivity index (χ1n) is 9.50. The Morgan fingerprint density at radius 2 is 1.87 bits per heavy atom. The fourth-order valence-electron chi connectivity index (χ4n) is 3.26. The molecule has 1 aliphatic carbocycles. The van der Waals surface area contributed by atoms with Crippen LogP contribution in [0.15, 0.2) is 53.6 Å². The molecule has 2 heterocycles. The molecular formula is C21H18ClF3N4O2. The van der Waals surface area contributed by atoms with Crippen molar-refractivity contribution >= 4 is 17.3 Å². The van der Waals surface area contributed by atoms with Gasteiger partial charge in [0.15, 0.2) is 5.82 Å². The zero-order valence-corrected chi connectivity index (χ0v) is 17.1. The Bertz CT molecular complexity index is 1130. The molecule has 1 unspecified atom stereocenters. The topological polar surface area (TPSA) is 69.0 Å². The van der Waals surface area contributed by atoms with E-state index < -0.39 is 17.3 Å². The van der Waals surface area contributed by atoms with Gasteiger partial charge in [0.1, 0.15) is 10.8 Å². The lowest BCUT2D eigenvalue weighted by Gasteiger charge is -2.21. The fourth-order valence-corrected chi connectivity index (χ4v) is 3.44. The van der Waals surface area contributed by atoms with Crippen LogP contribution < -0.4 is 15.6 Å². The number of alkyl halides is 3. The standard InChI is InChI=1S/C21H18ClF3N4O2/c1-31-15-7-4-13(5-8-15)19(12-2-3-12)28-16-11-27-29(20(30)18(16)22)17-9-6-14(10-26-17)21(23,24)25/h4-12,19,28H,2-3H2,1H3. The molecule has 0 amide bonds. The van der Waals surface area contributed by atoms with Gasteiger partial charge in [0, 0.05) is 6.20 Å². The minimum absolute atomic E-state index is 0.0552. The van der Waals surface area contributed by atoms with Crippen molar-refractivity contribution < 1.29 is 17.9 Å². The molecule has 2 aromatic heterocycles. The molecular weight excluding hydrogens is 433 g/mol. The third-order valence-electron chi connectivity index (χ3n) is 5.09. The molecule has 1 N–H and O–H groups in total. The highest BCUT2D eigenvalue weighted by Gasteiger charge is 2.33. The summed E-state index contributed by atoms with van der Waals surface area (Å²) in [4.78, 5) is 16.4. The highest BCUT2D eigenvalue weighted by molar-refractivity contribution is 6.33. The van der Waals surface area contributed by atoms with Crippen molar-refractivity contribution in [2.45, 2.75) is 25.1 Å². The van der Waals surface area contributed by atoms with E-state index in [0.29, 0.717) is 17.8 Å². The van der Waals surface area contributed by atoms with E-state index in [4.69, 9.17) is 16.3 Å². The normalized spacial score (nSPS) is 14.9. The number of hydrogen-bond donors (Lipinski definition) is 1. The number of anilines is 1. The van der Waals surface area contributed by atoms with Crippen molar-refractivity contribution in [3.05, 3.63) is 75.3 Å². The van der Waals surface area contributed by atoms with Gasteiger partial charge in [-0.15, -0.1) is 0 Å². The molecule has 0 bridgehead atoms. The van der Waals surface area contributed by atoms with Gasteiger partial charge in [0.05, 0.1) is 30.6 Å². The van der Waals surface area contributed by atoms with Gasteiger partial charge >= 0.3 is 6.18 Å². The van der Waals surface area contributed by atoms with E-state index in [1.54, 1.807) is 7.11 Å². The Kier molecular flexibility index (Phi) is 5.62. The van der Waals surface area contributed by atoms with Crippen molar-refractivity contribution in [3.63, 3.8) is 0 Å². The predicted molar refractivity (Wildman–Crippen MR) is 110 cm³/mol. The predicted octanol–water partition coefficient (Wildman–Crippen LogP) is 4.87. The fraction of sp³-hybridized carbons (Fsp3) is 0.286. The summed E-state index contributed by atoms with van der Waals surface area (Å²) in [6, 6.07) is 9.46. The van der Waals surface area contributed by atoms with Crippen molar-refractivity contribution in [2.75, 3.05) is 12.4 Å². The third-order valence-corrected chi connectivity index (χ3v) is 5.46. The van der Waals surface area contributed by atoms with Gasteiger partial charge in [0.25, 0.3) is 5.56 Å². The van der Waals surface area contributed by atoms with E-state index in [1.807, 2.05) is 24.3 Å². The first-order chi connectivity index (χ1) is 14.8. The second-order valence-corrected chi connectivity index (χ2v) is 7.60. The summed E-state index contributed by atoms with van der Waals surface area (Å²) < 4.78 is 44.3. The van der Waals surface area contributed by atoms with Crippen LogP contribution in [0.4, 0.5) is 18.9 Å². The number of ether oxygens (including phenoxy) is 1. The third kappa shape index (κ3) is 4.51. The number of methoxy groups -OCH3 is 1. The molecule has 1 aromatic carbocycles. The molecule has 0 aliphatic heterocycles. The second kappa shape index (κ2) is 8.22. The van der Waals surface area contributed by atoms with Gasteiger partial charge in [-0.25, -0.2) is 4.98 Å². The number of aromatic nitrogens is 3. The summed E-state index contributed by atoms with van der Waals surface area (Å²) in [6.07, 6.45) is -0.407. The average molecular weight is 451 g/mol. The van der Waals surface area contributed by atoms with Crippen LogP contribution in [0.2, 0.25) is 5.02 Å². The highest BCUT2D eigenvalue weighted by atomic mass is 35.5. The summed E-state index contributed by atoms with van der Waals surface area (Å²) >= 11 is 6.29. The second-order valence-electron chi connectivity index (χ2n) is 7.22. The van der Waals surface area contributed by atoms with Crippen LogP contribution in [-0.2, 0) is 6.18 Å². The maximum atomic E-state index is 12.7. The number of nitrogens with one attached hydrogen (secondary N) is 1. The Morgan fingerprint density at radius 3 is 2.42 bits per heavy atom. The average Bonchev–Trinajstić information content (AvgIpc) is 3.60. The van der Waals surface area contributed by atoms with Gasteiger partial charge in [-0.3, -0.25) is 4.79 Å². The van der Waals surface area contributed by atoms with Crippen LogP contribution in [0.25, 0.3) is 5.82 Å². The van der Waals surface area contributed by atoms with Crippen LogP contribution in [0.1, 0.15) is 30.0 Å². The molecule has 3 aromatic rings. The van der Waals surface area contributed by atoms with E-state index >= 15 is 0 Å². The minimum atomic E-state index is -4.52. The summed E-state index contributed by atoms with van der Waals surface area (Å²) in [5.74, 6) is 1.08. The van der Waals surface area contributed by atoms with E-state index in [9.17, 15) is 18.0 Å². The molecule has 0 saturated heterocycles. The van der Waals surface area contributed by atoms with E-state index in [1.165, 1.54) is 6.20 Å². The molecule has 0 spiro atoms. The van der Waals surface area contributed by atoms with Gasteiger partial charge in [0.2, 0.25) is 0 Å². The number of pyridine rings is 1. The maximum Gasteiger partial charge on any atom is 0.417 e. The lowest BCUT2D eigenvalue weighted by Crippen LogP contribution is -2.25. The van der Waals surface area contributed by atoms with Crippen molar-refractivity contribution in [1.29, 1.82) is 0 Å². The van der Waals surface area contributed by atoms with Crippen molar-refractivity contribution in [2.24, 2.45) is 5.92 Å². The Labute approximate surface area is 180 Å². The van der Waals surface area contributed by atoms with Crippen LogP contribution in [0.3, 0.4) is 0 Å². The van der Waals surface area contributed by atoms with Crippen LogP contribution in [0.5, 0.6) is 5.75 Å². The van der Waals surface area contributed by atoms with E-state index in [0.717, 1.165) is 41.0 Å². The minimum Gasteiger partial charge on any atom is -0.497 e. The maximum absolute atomic E-state index is 12.7. The monoisotopic (exact) mass is 450 g/mol. The van der Waals surface area contributed by atoms with Gasteiger partial charge in [-0.1, -0.05) is 23.7 Å². The first-order valence-corrected chi connectivity index (χ1v) is 9.87. The number of benzene rings is 1. The number of rotatable bonds is 6. The van der Waals surface area contributed by atoms with Gasteiger partial charge in [-0.2, -0.15) is 23.0 Å². The first kappa shape index (κ1) is 21.2. The summed E-state index contributed by atoms with van der Waals surface area (Å²) in [7, 11) is 1.59. The lowest BCUT2D eigenvalue weighted by molar-refractivity contribution is -0.137. The zero-order valence-electron chi connectivity index (χ0n) is 16.4. The van der Waals surface area contributed by atoms with Crippen LogP contribution in [-0.4, -0.2) is 21.9 Å². The molecule has 31 heavy (non-hydrogen) atoms. The number of nitrogens with zero attached hydrogens (tertiary/aromatic N) is 3.